The third kappa shape index (κ3) is 10.6. The molecule has 1 saturated carbocycles. The smallest absolute Gasteiger partial charge is 0.412 e. The van der Waals surface area contributed by atoms with Gasteiger partial charge >= 0.3 is 12.2 Å². The predicted octanol–water partition coefficient (Wildman–Crippen LogP) is 7.12. The summed E-state index contributed by atoms with van der Waals surface area (Å²) in [5, 5.41) is 26.9. The Kier molecular flexibility index (Phi) is 16.8. The number of nitrogens with zero attached hydrogens (tertiary/aromatic N) is 2. The van der Waals surface area contributed by atoms with E-state index in [0.29, 0.717) is 56.2 Å². The second-order valence-corrected chi connectivity index (χ2v) is 14.7. The first-order valence-electron chi connectivity index (χ1n) is 20.5. The summed E-state index contributed by atoms with van der Waals surface area (Å²) in [5.74, 6) is -1.16. The minimum absolute atomic E-state index is 0.0222. The van der Waals surface area contributed by atoms with E-state index in [1.54, 1.807) is 17.0 Å². The number of allylic oxidation sites excluding steroid dienone is 1. The predicted molar refractivity (Wildman–Crippen MR) is 216 cm³/mol. The monoisotopic (exact) mass is 791 g/mol. The number of carbonyl (C=O) groups is 2. The summed E-state index contributed by atoms with van der Waals surface area (Å²) in [5.41, 5.74) is 3.47. The molecule has 5 rings (SSSR count). The van der Waals surface area contributed by atoms with Gasteiger partial charge in [0.1, 0.15) is 31.3 Å². The minimum Gasteiger partial charge on any atom is -0.459 e. The Morgan fingerprint density at radius 2 is 1.82 bits per heavy atom. The molecule has 3 N–H and O–H groups in total. The summed E-state index contributed by atoms with van der Waals surface area (Å²) in [4.78, 5) is 34.1. The molecular weight excluding hydrogens is 730 g/mol. The molecule has 0 radical (unpaired) electrons. The number of nitrogens with one attached hydrogen (secondary N) is 1. The molecule has 1 fully saturated rings. The number of ether oxygens (including phenoxy) is 5. The van der Waals surface area contributed by atoms with Crippen molar-refractivity contribution in [2.24, 2.45) is 22.9 Å². The van der Waals surface area contributed by atoms with Gasteiger partial charge in [0.2, 0.25) is 5.79 Å². The van der Waals surface area contributed by atoms with E-state index in [1.807, 2.05) is 56.3 Å². The Labute approximate surface area is 337 Å². The largest absolute Gasteiger partial charge is 0.459 e. The van der Waals surface area contributed by atoms with E-state index in [2.05, 4.69) is 23.1 Å². The highest BCUT2D eigenvalue weighted by molar-refractivity contribution is 6.03. The summed E-state index contributed by atoms with van der Waals surface area (Å²) < 4.78 is 31.6. The topological polar surface area (TPSA) is 158 Å². The molecule has 13 heteroatoms. The normalized spacial score (nSPS) is 24.0. The van der Waals surface area contributed by atoms with E-state index in [-0.39, 0.29) is 57.2 Å². The van der Waals surface area contributed by atoms with Crippen molar-refractivity contribution in [1.29, 1.82) is 0 Å². The minimum atomic E-state index is -1.42. The molecule has 1 aliphatic heterocycles. The Morgan fingerprint density at radius 3 is 2.53 bits per heavy atom. The Balaban J connectivity index is 1.62. The number of unbranched alkanes of at least 4 members (excludes halogenated alkanes) is 2. The highest BCUT2D eigenvalue weighted by atomic mass is 16.7. The van der Waals surface area contributed by atoms with Crippen LogP contribution in [0, 0.1) is 17.8 Å². The van der Waals surface area contributed by atoms with E-state index in [0.717, 1.165) is 42.4 Å². The molecule has 57 heavy (non-hydrogen) atoms. The molecular formula is C44H61N3O10. The van der Waals surface area contributed by atoms with Crippen LogP contribution in [0.15, 0.2) is 78.0 Å². The van der Waals surface area contributed by atoms with Gasteiger partial charge in [0.05, 0.1) is 31.5 Å². The first-order chi connectivity index (χ1) is 27.8. The number of amides is 2. The fraction of sp³-hybridized carbons (Fsp3) is 0.568. The van der Waals surface area contributed by atoms with Gasteiger partial charge in [-0.3, -0.25) is 4.90 Å². The summed E-state index contributed by atoms with van der Waals surface area (Å²) in [6.07, 6.45) is 8.24. The van der Waals surface area contributed by atoms with Crippen LogP contribution in [0.1, 0.15) is 82.3 Å². The van der Waals surface area contributed by atoms with Crippen molar-refractivity contribution >= 4 is 17.9 Å². The lowest BCUT2D eigenvalue weighted by Crippen LogP contribution is -2.70. The number of oxime groups is 1. The molecule has 2 aromatic carbocycles. The van der Waals surface area contributed by atoms with Gasteiger partial charge in [-0.25, -0.2) is 9.59 Å². The molecule has 0 unspecified atom stereocenters. The maximum atomic E-state index is 14.3. The van der Waals surface area contributed by atoms with Crippen LogP contribution < -0.4 is 14.8 Å². The van der Waals surface area contributed by atoms with Crippen LogP contribution in [0.2, 0.25) is 0 Å². The second-order valence-electron chi connectivity index (χ2n) is 14.7. The zero-order chi connectivity index (χ0) is 40.6. The standard InChI is InChI=1S/C44H61N3O10/c1-5-21-47(43(51)54-26-25-53-30-31-15-9-8-10-16-31)39-29-37(46-52-4)35-27-32(17-11-13-22-48)34(18-12-14-23-49)40-36-28-33(56-42(50)45-7-3)19-20-38(36)57-44(39,41(35)40)55-24-6-2/h6,8-10,15-16,19-20,27-28,32,34,39-41,48-49H,2,5,7,11-14,17-18,21-26,29-30H2,1,3-4H3,(H,45,50)/t32-,34+,39-,40+,41+,44+/m0/s1. The molecule has 2 aromatic rings. The van der Waals surface area contributed by atoms with Crippen LogP contribution >= 0.6 is 0 Å². The number of aliphatic hydroxyl groups excluding tert-OH is 2. The van der Waals surface area contributed by atoms with Gasteiger partial charge in [0.25, 0.3) is 0 Å². The highest BCUT2D eigenvalue weighted by Gasteiger charge is 2.65. The number of benzene rings is 2. The quantitative estimate of drug-likeness (QED) is 0.0637. The second kappa shape index (κ2) is 21.9. The van der Waals surface area contributed by atoms with E-state index < -0.39 is 29.9 Å². The number of fused-ring (bicyclic) bond motifs is 2. The Hall–Kier alpha value is -4.43. The summed E-state index contributed by atoms with van der Waals surface area (Å²) >= 11 is 0. The van der Waals surface area contributed by atoms with Gasteiger partial charge in [-0.1, -0.05) is 67.4 Å². The van der Waals surface area contributed by atoms with Gasteiger partial charge in [-0.2, -0.15) is 0 Å². The summed E-state index contributed by atoms with van der Waals surface area (Å²) in [6, 6.07) is 14.5. The molecule has 6 atom stereocenters. The van der Waals surface area contributed by atoms with Crippen molar-refractivity contribution in [1.82, 2.24) is 10.2 Å². The Morgan fingerprint density at radius 1 is 1.05 bits per heavy atom. The lowest BCUT2D eigenvalue weighted by atomic mass is 9.55. The van der Waals surface area contributed by atoms with Gasteiger partial charge in [0, 0.05) is 44.2 Å². The lowest BCUT2D eigenvalue weighted by Gasteiger charge is -2.59. The fourth-order valence-electron chi connectivity index (χ4n) is 8.76. The van der Waals surface area contributed by atoms with E-state index in [4.69, 9.17) is 28.5 Å². The molecule has 1 heterocycles. The Bertz CT molecular complexity index is 1670. The van der Waals surface area contributed by atoms with E-state index in [9.17, 15) is 19.8 Å². The first-order valence-corrected chi connectivity index (χ1v) is 20.5. The van der Waals surface area contributed by atoms with Crippen LogP contribution in [0.3, 0.4) is 0 Å². The zero-order valence-corrected chi connectivity index (χ0v) is 33.7. The number of rotatable bonds is 22. The third-order valence-electron chi connectivity index (χ3n) is 11.0. The van der Waals surface area contributed by atoms with Crippen LogP contribution in [0.5, 0.6) is 11.5 Å². The number of carbonyl (C=O) groups excluding carboxylic acids is 2. The summed E-state index contributed by atoms with van der Waals surface area (Å²) in [7, 11) is 1.51. The van der Waals surface area contributed by atoms with Gasteiger partial charge in [-0.15, -0.1) is 6.58 Å². The van der Waals surface area contributed by atoms with Crippen molar-refractivity contribution in [3.63, 3.8) is 0 Å². The molecule has 0 spiro atoms. The average molecular weight is 792 g/mol. The molecule has 0 aromatic heterocycles. The zero-order valence-electron chi connectivity index (χ0n) is 33.7. The SMILES string of the molecule is C=CCO[C@@]12Oc3ccc(OC(=O)NCC)cc3[C@H]3[C@H](CCCCO)[C@@H](CCCCO)C=C(C(=NOC)C[C@@H]1N(CCC)C(=O)OCCOCc1ccccc1)[C@H]32. The lowest BCUT2D eigenvalue weighted by molar-refractivity contribution is -0.255. The van der Waals surface area contributed by atoms with Crippen LogP contribution in [0.4, 0.5) is 9.59 Å². The van der Waals surface area contributed by atoms with Crippen molar-refractivity contribution in [3.05, 3.63) is 84.0 Å². The van der Waals surface area contributed by atoms with Crippen molar-refractivity contribution in [3.8, 4) is 11.5 Å². The maximum absolute atomic E-state index is 14.3. The number of hydrogen-bond acceptors (Lipinski definition) is 11. The van der Waals surface area contributed by atoms with Crippen LogP contribution in [-0.4, -0.2) is 98.1 Å². The number of hydrogen-bond donors (Lipinski definition) is 3. The van der Waals surface area contributed by atoms with Crippen molar-refractivity contribution in [2.45, 2.75) is 89.6 Å². The van der Waals surface area contributed by atoms with Crippen LogP contribution in [0.25, 0.3) is 0 Å². The van der Waals surface area contributed by atoms with E-state index in [1.165, 1.54) is 7.11 Å². The van der Waals surface area contributed by atoms with Gasteiger partial charge in [0.15, 0.2) is 0 Å². The van der Waals surface area contributed by atoms with Crippen LogP contribution in [-0.2, 0) is 25.7 Å². The van der Waals surface area contributed by atoms with Gasteiger partial charge in [-0.05, 0) is 80.2 Å². The molecule has 3 aliphatic rings. The molecule has 13 nitrogen and oxygen atoms in total. The highest BCUT2D eigenvalue weighted by Crippen LogP contribution is 2.62. The average Bonchev–Trinajstić information content (AvgIpc) is 3.21. The van der Waals surface area contributed by atoms with Crippen molar-refractivity contribution in [2.75, 3.05) is 53.2 Å². The van der Waals surface area contributed by atoms with E-state index >= 15 is 0 Å². The molecule has 312 valence electrons. The van der Waals surface area contributed by atoms with Crippen molar-refractivity contribution < 1.29 is 48.3 Å². The molecule has 0 bridgehead atoms. The fourth-order valence-corrected chi connectivity index (χ4v) is 8.76. The third-order valence-corrected chi connectivity index (χ3v) is 11.0. The summed E-state index contributed by atoms with van der Waals surface area (Å²) in [6.45, 7) is 9.55. The first kappa shape index (κ1) is 43.7. The number of aliphatic hydroxyl groups is 2. The molecule has 2 amide bonds. The maximum Gasteiger partial charge on any atom is 0.412 e. The molecule has 0 saturated heterocycles. The van der Waals surface area contributed by atoms with Gasteiger partial charge < -0.3 is 44.1 Å². The molecule has 2 aliphatic carbocycles.